The van der Waals surface area contributed by atoms with E-state index in [1.165, 1.54) is 24.0 Å². The van der Waals surface area contributed by atoms with Crippen LogP contribution in [0.25, 0.3) is 0 Å². The maximum absolute atomic E-state index is 12.9. The van der Waals surface area contributed by atoms with Crippen molar-refractivity contribution in [3.63, 3.8) is 0 Å². The molecule has 2 rings (SSSR count). The van der Waals surface area contributed by atoms with Crippen LogP contribution in [-0.4, -0.2) is 9.46 Å². The maximum Gasteiger partial charge on any atom is 0.0668 e. The summed E-state index contributed by atoms with van der Waals surface area (Å²) >= 11 is 0. The minimum absolute atomic E-state index is 0.00223. The summed E-state index contributed by atoms with van der Waals surface area (Å²) in [5.74, 6) is 0.584. The zero-order valence-corrected chi connectivity index (χ0v) is 14.1. The van der Waals surface area contributed by atoms with Gasteiger partial charge in [0.2, 0.25) is 0 Å². The van der Waals surface area contributed by atoms with Gasteiger partial charge in [0.1, 0.15) is 0 Å². The van der Waals surface area contributed by atoms with Crippen molar-refractivity contribution in [2.45, 2.75) is 63.0 Å². The molecule has 1 aromatic rings. The van der Waals surface area contributed by atoms with E-state index in [4.69, 9.17) is 0 Å². The van der Waals surface area contributed by atoms with Gasteiger partial charge in [-0.3, -0.25) is 4.21 Å². The van der Waals surface area contributed by atoms with Gasteiger partial charge in [-0.25, -0.2) is 0 Å². The predicted octanol–water partition coefficient (Wildman–Crippen LogP) is 4.52. The van der Waals surface area contributed by atoms with E-state index in [0.29, 0.717) is 5.92 Å². The Hall–Kier alpha value is -1.14. The van der Waals surface area contributed by atoms with Gasteiger partial charge in [-0.05, 0) is 62.3 Å². The smallest absolute Gasteiger partial charge is 0.0668 e. The van der Waals surface area contributed by atoms with Crippen LogP contribution in [0.2, 0.25) is 0 Å². The van der Waals surface area contributed by atoms with Gasteiger partial charge in [0.25, 0.3) is 0 Å². The molecule has 0 heterocycles. The van der Waals surface area contributed by atoms with Crippen LogP contribution in [0.4, 0.5) is 0 Å². The van der Waals surface area contributed by atoms with Crippen LogP contribution in [0.15, 0.2) is 23.1 Å². The average Bonchev–Trinajstić information content (AvgIpc) is 2.49. The average molecular weight is 303 g/mol. The molecule has 114 valence electrons. The summed E-state index contributed by atoms with van der Waals surface area (Å²) in [5, 5.41) is 9.39. The Morgan fingerprint density at radius 2 is 2.05 bits per heavy atom. The first kappa shape index (κ1) is 16.2. The van der Waals surface area contributed by atoms with E-state index in [1.807, 2.05) is 18.2 Å². The fourth-order valence-corrected chi connectivity index (χ4v) is 5.07. The molecule has 1 aliphatic rings. The quantitative estimate of drug-likeness (QED) is 0.820. The first-order valence-electron chi connectivity index (χ1n) is 7.94. The number of aryl methyl sites for hydroxylation is 2. The third kappa shape index (κ3) is 3.74. The van der Waals surface area contributed by atoms with Crippen molar-refractivity contribution in [1.82, 2.24) is 0 Å². The number of nitriles is 1. The second-order valence-corrected chi connectivity index (χ2v) is 7.96. The molecule has 2 nitrogen and oxygen atoms in total. The Kier molecular flexibility index (Phi) is 5.58. The van der Waals surface area contributed by atoms with E-state index in [0.717, 1.165) is 24.2 Å². The van der Waals surface area contributed by atoms with Crippen molar-refractivity contribution in [2.24, 2.45) is 11.8 Å². The molecule has 0 saturated heterocycles. The fourth-order valence-electron chi connectivity index (χ4n) is 3.28. The second kappa shape index (κ2) is 7.22. The number of rotatable bonds is 4. The molecule has 1 aliphatic carbocycles. The zero-order valence-electron chi connectivity index (χ0n) is 13.3. The van der Waals surface area contributed by atoms with E-state index in [2.05, 4.69) is 26.8 Å². The lowest BCUT2D eigenvalue weighted by Crippen LogP contribution is -2.32. The number of hydrogen-bond acceptors (Lipinski definition) is 2. The van der Waals surface area contributed by atoms with Crippen LogP contribution in [0, 0.1) is 37.0 Å². The highest BCUT2D eigenvalue weighted by molar-refractivity contribution is 7.85. The highest BCUT2D eigenvalue weighted by Crippen LogP contribution is 2.36. The monoisotopic (exact) mass is 303 g/mol. The molecule has 3 heteroatoms. The lowest BCUT2D eigenvalue weighted by molar-refractivity contribution is 0.303. The molecule has 0 spiro atoms. The normalized spacial score (nSPS) is 27.0. The first-order valence-corrected chi connectivity index (χ1v) is 9.15. The van der Waals surface area contributed by atoms with Crippen LogP contribution >= 0.6 is 0 Å². The van der Waals surface area contributed by atoms with E-state index in [9.17, 15) is 9.47 Å². The zero-order chi connectivity index (χ0) is 15.4. The summed E-state index contributed by atoms with van der Waals surface area (Å²) in [6.45, 7) is 6.32. The van der Waals surface area contributed by atoms with Crippen molar-refractivity contribution in [3.8, 4) is 6.07 Å². The van der Waals surface area contributed by atoms with Gasteiger partial charge in [-0.2, -0.15) is 5.26 Å². The van der Waals surface area contributed by atoms with Crippen LogP contribution < -0.4 is 0 Å². The van der Waals surface area contributed by atoms with Crippen LogP contribution in [0.1, 0.15) is 50.2 Å². The first-order chi connectivity index (χ1) is 10.1. The molecule has 4 atom stereocenters. The third-order valence-corrected chi connectivity index (χ3v) is 6.54. The minimum atomic E-state index is -1.07. The highest BCUT2D eigenvalue weighted by atomic mass is 32.2. The summed E-state index contributed by atoms with van der Waals surface area (Å²) in [6.07, 6.45) is 5.32. The third-order valence-electron chi connectivity index (χ3n) is 4.75. The van der Waals surface area contributed by atoms with Gasteiger partial charge in [0.15, 0.2) is 0 Å². The van der Waals surface area contributed by atoms with Gasteiger partial charge in [0.05, 0.1) is 28.0 Å². The Balaban J connectivity index is 2.21. The highest BCUT2D eigenvalue weighted by Gasteiger charge is 2.34. The van der Waals surface area contributed by atoms with Gasteiger partial charge >= 0.3 is 0 Å². The molecule has 0 radical (unpaired) electrons. The van der Waals surface area contributed by atoms with Gasteiger partial charge in [-0.15, -0.1) is 0 Å². The Bertz CT molecular complexity index is 561. The van der Waals surface area contributed by atoms with Crippen LogP contribution in [0.5, 0.6) is 0 Å². The van der Waals surface area contributed by atoms with Gasteiger partial charge < -0.3 is 0 Å². The largest absolute Gasteiger partial charge is 0.254 e. The summed E-state index contributed by atoms with van der Waals surface area (Å²) in [4.78, 5) is 0.889. The molecule has 21 heavy (non-hydrogen) atoms. The topological polar surface area (TPSA) is 40.9 Å². The molecular formula is C18H25NOS. The lowest BCUT2D eigenvalue weighted by atomic mass is 9.80. The molecule has 1 saturated carbocycles. The van der Waals surface area contributed by atoms with Crippen molar-refractivity contribution in [2.75, 3.05) is 0 Å². The molecule has 0 aliphatic heterocycles. The molecule has 0 bridgehead atoms. The van der Waals surface area contributed by atoms with Crippen molar-refractivity contribution >= 4 is 10.8 Å². The predicted molar refractivity (Wildman–Crippen MR) is 87.5 cm³/mol. The van der Waals surface area contributed by atoms with Gasteiger partial charge in [0, 0.05) is 4.90 Å². The van der Waals surface area contributed by atoms with Crippen molar-refractivity contribution in [3.05, 3.63) is 29.3 Å². The summed E-state index contributed by atoms with van der Waals surface area (Å²) < 4.78 is 12.9. The minimum Gasteiger partial charge on any atom is -0.254 e. The molecule has 0 amide bonds. The molecule has 1 fully saturated rings. The van der Waals surface area contributed by atoms with E-state index < -0.39 is 10.8 Å². The van der Waals surface area contributed by atoms with E-state index in [1.54, 1.807) is 0 Å². The number of nitrogens with zero attached hydrogens (tertiary/aromatic N) is 1. The Labute approximate surface area is 131 Å². The number of hydrogen-bond donors (Lipinski definition) is 0. The fraction of sp³-hybridized carbons (Fsp3) is 0.611. The summed E-state index contributed by atoms with van der Waals surface area (Å²) in [7, 11) is -1.07. The van der Waals surface area contributed by atoms with Crippen molar-refractivity contribution in [1.29, 1.82) is 5.26 Å². The van der Waals surface area contributed by atoms with Gasteiger partial charge in [-0.1, -0.05) is 25.8 Å². The van der Waals surface area contributed by atoms with Crippen LogP contribution in [0.3, 0.4) is 0 Å². The number of benzene rings is 1. The Morgan fingerprint density at radius 3 is 2.67 bits per heavy atom. The molecular weight excluding hydrogens is 278 g/mol. The summed E-state index contributed by atoms with van der Waals surface area (Å²) in [5.41, 5.74) is 2.40. The second-order valence-electron chi connectivity index (χ2n) is 6.29. The maximum atomic E-state index is 12.9. The molecule has 0 aromatic heterocycles. The Morgan fingerprint density at radius 1 is 1.29 bits per heavy atom. The molecule has 1 aromatic carbocycles. The SMILES string of the molecule is CCCC1CCC(C#N)C(S(=O)c2ccc(C)c(C)c2)C1. The van der Waals surface area contributed by atoms with Crippen LogP contribution in [-0.2, 0) is 10.8 Å². The lowest BCUT2D eigenvalue weighted by Gasteiger charge is -2.32. The standard InChI is InChI=1S/C18H25NOS/c1-4-5-15-7-8-16(12-19)18(11-15)21(20)17-9-6-13(2)14(3)10-17/h6,9-10,15-16,18H,4-5,7-8,11H2,1-3H3. The van der Waals surface area contributed by atoms with E-state index >= 15 is 0 Å². The van der Waals surface area contributed by atoms with E-state index in [-0.39, 0.29) is 11.2 Å². The summed E-state index contributed by atoms with van der Waals surface area (Å²) in [6, 6.07) is 8.44. The molecule has 0 N–H and O–H groups in total. The van der Waals surface area contributed by atoms with Crippen molar-refractivity contribution < 1.29 is 4.21 Å². The molecule has 4 unspecified atom stereocenters.